The lowest BCUT2D eigenvalue weighted by Gasteiger charge is -2.50. The number of rotatable bonds is 9. The third-order valence-electron chi connectivity index (χ3n) is 6.19. The number of amides is 1. The van der Waals surface area contributed by atoms with E-state index >= 15 is 0 Å². The van der Waals surface area contributed by atoms with Crippen LogP contribution < -0.4 is 10.1 Å². The Morgan fingerprint density at radius 1 is 1.27 bits per heavy atom. The topological polar surface area (TPSA) is 67.4 Å². The molecule has 1 amide bonds. The van der Waals surface area contributed by atoms with Crippen LogP contribution in [0.15, 0.2) is 51.8 Å². The van der Waals surface area contributed by atoms with Crippen LogP contribution in [0, 0.1) is 12.3 Å². The predicted molar refractivity (Wildman–Crippen MR) is 135 cm³/mol. The van der Waals surface area contributed by atoms with E-state index in [9.17, 15) is 4.79 Å². The van der Waals surface area contributed by atoms with Crippen LogP contribution in [0.2, 0.25) is 0 Å². The highest BCUT2D eigenvalue weighted by atomic mass is 32.2. The summed E-state index contributed by atoms with van der Waals surface area (Å²) in [5.41, 5.74) is 1.97. The number of benzene rings is 1. The van der Waals surface area contributed by atoms with Gasteiger partial charge in [-0.1, -0.05) is 49.4 Å². The molecule has 1 aromatic carbocycles. The first-order valence-electron chi connectivity index (χ1n) is 11.3. The molecular weight excluding hydrogens is 452 g/mol. The monoisotopic (exact) mass is 482 g/mol. The maximum atomic E-state index is 13.3. The number of thiazole rings is 1. The second-order valence-corrected chi connectivity index (χ2v) is 10.9. The summed E-state index contributed by atoms with van der Waals surface area (Å²) in [4.78, 5) is 25.1. The lowest BCUT2D eigenvalue weighted by atomic mass is 9.73. The quantitative estimate of drug-likeness (QED) is 0.380. The van der Waals surface area contributed by atoms with Crippen LogP contribution in [0.5, 0.6) is 5.75 Å². The van der Waals surface area contributed by atoms with Crippen molar-refractivity contribution in [2.24, 2.45) is 5.41 Å². The van der Waals surface area contributed by atoms with Gasteiger partial charge in [0.1, 0.15) is 11.6 Å². The first-order valence-corrected chi connectivity index (χ1v) is 12.9. The van der Waals surface area contributed by atoms with Gasteiger partial charge in [0.05, 0.1) is 23.1 Å². The molecule has 1 fully saturated rings. The number of methoxy groups -OCH3 is 1. The SMILES string of the molecule is CCCC1(CC)CN(C(=O)c2cc(Sc3cnc(Nc4ccccn4)s3)c(C)cc2OC)C1. The molecule has 174 valence electrons. The van der Waals surface area contributed by atoms with Crippen LogP contribution in [-0.4, -0.2) is 41.0 Å². The average Bonchev–Trinajstić information content (AvgIpc) is 3.24. The highest BCUT2D eigenvalue weighted by Gasteiger charge is 2.43. The number of likely N-dealkylation sites (tertiary alicyclic amines) is 1. The van der Waals surface area contributed by atoms with Gasteiger partial charge in [-0.2, -0.15) is 0 Å². The van der Waals surface area contributed by atoms with E-state index in [0.29, 0.717) is 11.3 Å². The molecule has 0 atom stereocenters. The Kier molecular flexibility index (Phi) is 7.24. The van der Waals surface area contributed by atoms with E-state index in [1.165, 1.54) is 6.42 Å². The Hall–Kier alpha value is -2.58. The summed E-state index contributed by atoms with van der Waals surface area (Å²) in [5.74, 6) is 1.45. The third-order valence-corrected chi connectivity index (χ3v) is 8.37. The molecule has 1 aliphatic heterocycles. The fraction of sp³-hybridized carbons (Fsp3) is 0.400. The van der Waals surface area contributed by atoms with Crippen LogP contribution >= 0.6 is 23.1 Å². The standard InChI is InChI=1S/C25H30N4O2S2/c1-5-10-25(6-2)15-29(16-25)23(30)18-13-20(17(3)12-19(18)31-4)32-22-14-27-24(33-22)28-21-9-7-8-11-26-21/h7-9,11-14H,5-6,10,15-16H2,1-4H3,(H,26,27,28). The van der Waals surface area contributed by atoms with Gasteiger partial charge in [0.15, 0.2) is 5.13 Å². The smallest absolute Gasteiger partial charge is 0.257 e. The number of nitrogens with one attached hydrogen (secondary N) is 1. The maximum absolute atomic E-state index is 13.3. The summed E-state index contributed by atoms with van der Waals surface area (Å²) < 4.78 is 6.62. The highest BCUT2D eigenvalue weighted by molar-refractivity contribution is 8.01. The molecule has 4 rings (SSSR count). The Morgan fingerprint density at radius 2 is 2.09 bits per heavy atom. The molecule has 1 N–H and O–H groups in total. The van der Waals surface area contributed by atoms with Gasteiger partial charge in [0, 0.05) is 29.6 Å². The molecule has 0 aliphatic carbocycles. The van der Waals surface area contributed by atoms with Gasteiger partial charge in [0.2, 0.25) is 0 Å². The van der Waals surface area contributed by atoms with Gasteiger partial charge in [-0.05, 0) is 49.6 Å². The number of carbonyl (C=O) groups is 1. The molecule has 1 saturated heterocycles. The number of nitrogens with zero attached hydrogens (tertiary/aromatic N) is 3. The van der Waals surface area contributed by atoms with Crippen molar-refractivity contribution in [2.45, 2.75) is 49.1 Å². The Balaban J connectivity index is 1.51. The molecule has 8 heteroatoms. The van der Waals surface area contributed by atoms with Crippen LogP contribution in [0.1, 0.15) is 49.0 Å². The van der Waals surface area contributed by atoms with Crippen LogP contribution in [0.3, 0.4) is 0 Å². The number of anilines is 2. The average molecular weight is 483 g/mol. The number of pyridine rings is 1. The molecule has 0 spiro atoms. The van der Waals surface area contributed by atoms with E-state index in [2.05, 4.69) is 29.1 Å². The number of aromatic nitrogens is 2. The number of aryl methyl sites for hydroxylation is 1. The lowest BCUT2D eigenvalue weighted by Crippen LogP contribution is -2.58. The van der Waals surface area contributed by atoms with Gasteiger partial charge >= 0.3 is 0 Å². The second kappa shape index (κ2) is 10.1. The molecule has 0 bridgehead atoms. The zero-order chi connectivity index (χ0) is 23.4. The molecule has 3 heterocycles. The summed E-state index contributed by atoms with van der Waals surface area (Å²) in [7, 11) is 1.63. The van der Waals surface area contributed by atoms with E-state index in [0.717, 1.165) is 51.5 Å². The highest BCUT2D eigenvalue weighted by Crippen LogP contribution is 2.42. The molecule has 33 heavy (non-hydrogen) atoms. The van der Waals surface area contributed by atoms with Crippen molar-refractivity contribution in [2.75, 3.05) is 25.5 Å². The summed E-state index contributed by atoms with van der Waals surface area (Å²) in [6.45, 7) is 8.14. The number of hydrogen-bond donors (Lipinski definition) is 1. The fourth-order valence-electron chi connectivity index (χ4n) is 4.29. The van der Waals surface area contributed by atoms with Crippen molar-refractivity contribution in [1.82, 2.24) is 14.9 Å². The number of ether oxygens (including phenoxy) is 1. The predicted octanol–water partition coefficient (Wildman–Crippen LogP) is 6.40. The van der Waals surface area contributed by atoms with Crippen LogP contribution in [0.25, 0.3) is 0 Å². The van der Waals surface area contributed by atoms with E-state index in [1.54, 1.807) is 36.4 Å². The lowest BCUT2D eigenvalue weighted by molar-refractivity contribution is -0.00200. The van der Waals surface area contributed by atoms with Crippen molar-refractivity contribution >= 4 is 40.0 Å². The molecule has 2 aromatic heterocycles. The van der Waals surface area contributed by atoms with Crippen molar-refractivity contribution in [3.8, 4) is 5.75 Å². The van der Waals surface area contributed by atoms with Crippen LogP contribution in [-0.2, 0) is 0 Å². The summed E-state index contributed by atoms with van der Waals surface area (Å²) in [5, 5.41) is 4.01. The molecule has 0 saturated carbocycles. The minimum absolute atomic E-state index is 0.0516. The van der Waals surface area contributed by atoms with Crippen LogP contribution in [0.4, 0.5) is 10.9 Å². The molecule has 3 aromatic rings. The Bertz CT molecular complexity index is 1110. The maximum Gasteiger partial charge on any atom is 0.257 e. The molecule has 6 nitrogen and oxygen atoms in total. The zero-order valence-electron chi connectivity index (χ0n) is 19.6. The van der Waals surface area contributed by atoms with Gasteiger partial charge in [-0.15, -0.1) is 0 Å². The second-order valence-electron chi connectivity index (χ2n) is 8.51. The van der Waals surface area contributed by atoms with Gasteiger partial charge < -0.3 is 15.0 Å². The van der Waals surface area contributed by atoms with Gasteiger partial charge in [0.25, 0.3) is 5.91 Å². The van der Waals surface area contributed by atoms with E-state index < -0.39 is 0 Å². The number of carbonyl (C=O) groups excluding carboxylic acids is 1. The van der Waals surface area contributed by atoms with Crippen molar-refractivity contribution in [3.63, 3.8) is 0 Å². The normalized spacial score (nSPS) is 14.6. The van der Waals surface area contributed by atoms with Crippen molar-refractivity contribution in [1.29, 1.82) is 0 Å². The fourth-order valence-corrected chi connectivity index (χ4v) is 6.24. The summed E-state index contributed by atoms with van der Waals surface area (Å²) >= 11 is 3.18. The zero-order valence-corrected chi connectivity index (χ0v) is 21.2. The number of hydrogen-bond acceptors (Lipinski definition) is 7. The summed E-state index contributed by atoms with van der Waals surface area (Å²) in [6, 6.07) is 9.65. The largest absolute Gasteiger partial charge is 0.496 e. The van der Waals surface area contributed by atoms with E-state index in [-0.39, 0.29) is 11.3 Å². The molecule has 0 radical (unpaired) electrons. The first-order chi connectivity index (χ1) is 16.0. The Morgan fingerprint density at radius 3 is 2.76 bits per heavy atom. The minimum atomic E-state index is 0.0516. The summed E-state index contributed by atoms with van der Waals surface area (Å²) in [6.07, 6.45) is 7.02. The van der Waals surface area contributed by atoms with Crippen molar-refractivity contribution < 1.29 is 9.53 Å². The van der Waals surface area contributed by atoms with Crippen molar-refractivity contribution in [3.05, 3.63) is 53.9 Å². The molecular formula is C25H30N4O2S2. The minimum Gasteiger partial charge on any atom is -0.496 e. The van der Waals surface area contributed by atoms with Gasteiger partial charge in [-0.3, -0.25) is 4.79 Å². The Labute approximate surface area is 203 Å². The molecule has 1 aliphatic rings. The van der Waals surface area contributed by atoms with E-state index in [4.69, 9.17) is 4.74 Å². The van der Waals surface area contributed by atoms with E-state index in [1.807, 2.05) is 48.4 Å². The third kappa shape index (κ3) is 5.17. The molecule has 0 unspecified atom stereocenters. The first kappa shape index (κ1) is 23.6. The van der Waals surface area contributed by atoms with Gasteiger partial charge in [-0.25, -0.2) is 9.97 Å².